The fourth-order valence-electron chi connectivity index (χ4n) is 2.51. The fourth-order valence-corrected chi connectivity index (χ4v) is 2.51. The first-order chi connectivity index (χ1) is 10.6. The van der Waals surface area contributed by atoms with Crippen LogP contribution in [0, 0.1) is 0 Å². The minimum atomic E-state index is -0.982. The highest BCUT2D eigenvalue weighted by atomic mass is 16.5. The number of hydrogen-bond acceptors (Lipinski definition) is 3. The zero-order chi connectivity index (χ0) is 15.9. The summed E-state index contributed by atoms with van der Waals surface area (Å²) in [4.78, 5) is 26.2. The first-order valence-electron chi connectivity index (χ1n) is 7.43. The Morgan fingerprint density at radius 3 is 2.77 bits per heavy atom. The summed E-state index contributed by atoms with van der Waals surface area (Å²) in [5.41, 5.74) is 1.20. The highest BCUT2D eigenvalue weighted by Gasteiger charge is 2.28. The Hall–Kier alpha value is -2.08. The molecule has 0 unspecified atom stereocenters. The van der Waals surface area contributed by atoms with Gasteiger partial charge in [0.1, 0.15) is 6.61 Å². The van der Waals surface area contributed by atoms with Gasteiger partial charge in [-0.2, -0.15) is 0 Å². The number of hydrogen-bond donors (Lipinski definition) is 1. The van der Waals surface area contributed by atoms with E-state index in [0.717, 1.165) is 6.42 Å². The van der Waals surface area contributed by atoms with Gasteiger partial charge in [-0.25, -0.2) is 9.59 Å². The normalized spacial score (nSPS) is 17.5. The van der Waals surface area contributed by atoms with E-state index in [2.05, 4.69) is 0 Å². The maximum Gasteiger partial charge on any atom is 0.329 e. The molecule has 22 heavy (non-hydrogen) atoms. The number of likely N-dealkylation sites (tertiary alicyclic amines) is 1. The summed E-state index contributed by atoms with van der Waals surface area (Å²) in [6, 6.07) is 10.0. The van der Waals surface area contributed by atoms with E-state index < -0.39 is 5.97 Å². The van der Waals surface area contributed by atoms with E-state index in [1.54, 1.807) is 16.8 Å². The summed E-state index contributed by atoms with van der Waals surface area (Å²) in [5, 5.41) is 8.60. The molecule has 1 aromatic carbocycles. The molecule has 1 fully saturated rings. The van der Waals surface area contributed by atoms with Crippen molar-refractivity contribution < 1.29 is 19.4 Å². The largest absolute Gasteiger partial charge is 0.480 e. The smallest absolute Gasteiger partial charge is 0.329 e. The van der Waals surface area contributed by atoms with Crippen LogP contribution in [0.15, 0.2) is 30.3 Å². The van der Waals surface area contributed by atoms with Crippen molar-refractivity contribution in [3.8, 4) is 0 Å². The molecule has 0 radical (unpaired) electrons. The van der Waals surface area contributed by atoms with Crippen molar-refractivity contribution in [3.63, 3.8) is 0 Å². The number of nitrogens with zero attached hydrogens (tertiary/aromatic N) is 2. The molecular weight excluding hydrogens is 284 g/mol. The van der Waals surface area contributed by atoms with Crippen molar-refractivity contribution in [1.29, 1.82) is 0 Å². The second-order valence-corrected chi connectivity index (χ2v) is 5.50. The second kappa shape index (κ2) is 7.79. The minimum Gasteiger partial charge on any atom is -0.480 e. The third-order valence-electron chi connectivity index (χ3n) is 3.76. The maximum absolute atomic E-state index is 12.3. The summed E-state index contributed by atoms with van der Waals surface area (Å²) in [5.74, 6) is -0.982. The first-order valence-corrected chi connectivity index (χ1v) is 7.43. The predicted octanol–water partition coefficient (Wildman–Crippen LogP) is 1.46. The monoisotopic (exact) mass is 306 g/mol. The molecule has 1 heterocycles. The van der Waals surface area contributed by atoms with Crippen molar-refractivity contribution in [2.75, 3.05) is 33.3 Å². The van der Waals surface area contributed by atoms with Gasteiger partial charge in [0.25, 0.3) is 0 Å². The molecule has 2 rings (SSSR count). The first kappa shape index (κ1) is 16.3. The van der Waals surface area contributed by atoms with E-state index in [1.165, 1.54) is 5.56 Å². The number of carbonyl (C=O) groups excluding carboxylic acids is 1. The van der Waals surface area contributed by atoms with Gasteiger partial charge < -0.3 is 19.6 Å². The lowest BCUT2D eigenvalue weighted by Crippen LogP contribution is -2.41. The van der Waals surface area contributed by atoms with Crippen LogP contribution >= 0.6 is 0 Å². The predicted molar refractivity (Wildman–Crippen MR) is 81.7 cm³/mol. The molecule has 1 aromatic rings. The van der Waals surface area contributed by atoms with Gasteiger partial charge in [0.05, 0.1) is 6.10 Å². The van der Waals surface area contributed by atoms with Gasteiger partial charge in [-0.05, 0) is 18.4 Å². The van der Waals surface area contributed by atoms with Gasteiger partial charge in [0.15, 0.2) is 0 Å². The van der Waals surface area contributed by atoms with Crippen molar-refractivity contribution in [2.24, 2.45) is 0 Å². The van der Waals surface area contributed by atoms with Gasteiger partial charge in [-0.1, -0.05) is 30.3 Å². The van der Waals surface area contributed by atoms with Crippen LogP contribution in [0.25, 0.3) is 0 Å². The van der Waals surface area contributed by atoms with E-state index >= 15 is 0 Å². The lowest BCUT2D eigenvalue weighted by Gasteiger charge is -2.24. The Bertz CT molecular complexity index is 506. The Morgan fingerprint density at radius 1 is 1.36 bits per heavy atom. The molecule has 0 saturated carbocycles. The zero-order valence-corrected chi connectivity index (χ0v) is 12.8. The van der Waals surface area contributed by atoms with Crippen LogP contribution in [-0.2, 0) is 16.0 Å². The number of urea groups is 1. The molecule has 1 N–H and O–H groups in total. The summed E-state index contributed by atoms with van der Waals surface area (Å²) >= 11 is 0. The number of carboxylic acids is 1. The van der Waals surface area contributed by atoms with Gasteiger partial charge >= 0.3 is 12.0 Å². The highest BCUT2D eigenvalue weighted by Crippen LogP contribution is 2.14. The molecule has 6 heteroatoms. The number of aliphatic carboxylic acids is 1. The summed E-state index contributed by atoms with van der Waals surface area (Å²) < 4.78 is 5.24. The lowest BCUT2D eigenvalue weighted by molar-refractivity contribution is -0.144. The molecule has 1 saturated heterocycles. The van der Waals surface area contributed by atoms with Crippen molar-refractivity contribution in [3.05, 3.63) is 35.9 Å². The number of carbonyl (C=O) groups is 2. The van der Waals surface area contributed by atoms with E-state index in [1.807, 2.05) is 30.3 Å². The minimum absolute atomic E-state index is 0.0302. The quantitative estimate of drug-likeness (QED) is 0.864. The van der Waals surface area contributed by atoms with Gasteiger partial charge in [0, 0.05) is 26.7 Å². The Morgan fingerprint density at radius 2 is 2.09 bits per heavy atom. The number of amides is 2. The average Bonchev–Trinajstić information content (AvgIpc) is 2.99. The molecule has 6 nitrogen and oxygen atoms in total. The number of rotatable bonds is 6. The molecule has 2 amide bonds. The number of ether oxygens (including phenoxy) is 1. The zero-order valence-electron chi connectivity index (χ0n) is 12.8. The lowest BCUT2D eigenvalue weighted by atomic mass is 10.1. The van der Waals surface area contributed by atoms with Gasteiger partial charge in [0.2, 0.25) is 0 Å². The fraction of sp³-hybridized carbons (Fsp3) is 0.500. The number of carboxylic acid groups (broad SMARTS) is 1. The van der Waals surface area contributed by atoms with Crippen LogP contribution in [-0.4, -0.2) is 66.3 Å². The SMILES string of the molecule is CN(CCc1ccccc1)C(=O)N1CC[C@@H](OCC(=O)O)C1. The highest BCUT2D eigenvalue weighted by molar-refractivity contribution is 5.74. The molecule has 120 valence electrons. The van der Waals surface area contributed by atoms with Crippen LogP contribution < -0.4 is 0 Å². The molecule has 1 aliphatic heterocycles. The topological polar surface area (TPSA) is 70.1 Å². The third kappa shape index (κ3) is 4.73. The molecule has 1 atom stereocenters. The van der Waals surface area contributed by atoms with E-state index in [9.17, 15) is 9.59 Å². The van der Waals surface area contributed by atoms with Crippen LogP contribution in [0.4, 0.5) is 4.79 Å². The maximum atomic E-state index is 12.3. The Labute approximate surface area is 130 Å². The summed E-state index contributed by atoms with van der Waals surface area (Å²) in [6.07, 6.45) is 1.32. The number of likely N-dealkylation sites (N-methyl/N-ethyl adjacent to an activating group) is 1. The molecule has 0 aromatic heterocycles. The Balaban J connectivity index is 1.75. The van der Waals surface area contributed by atoms with E-state index in [4.69, 9.17) is 9.84 Å². The van der Waals surface area contributed by atoms with Crippen molar-refractivity contribution in [1.82, 2.24) is 9.80 Å². The van der Waals surface area contributed by atoms with Crippen LogP contribution in [0.3, 0.4) is 0 Å². The standard InChI is InChI=1S/C16H22N2O4/c1-17(9-7-13-5-3-2-4-6-13)16(21)18-10-8-14(11-18)22-12-15(19)20/h2-6,14H,7-12H2,1H3,(H,19,20)/t14-/m1/s1. The molecular formula is C16H22N2O4. The van der Waals surface area contributed by atoms with Crippen molar-refractivity contribution in [2.45, 2.75) is 18.9 Å². The summed E-state index contributed by atoms with van der Waals surface area (Å²) in [7, 11) is 1.79. The average molecular weight is 306 g/mol. The molecule has 0 bridgehead atoms. The van der Waals surface area contributed by atoms with Gasteiger partial charge in [-0.15, -0.1) is 0 Å². The number of benzene rings is 1. The van der Waals surface area contributed by atoms with Crippen molar-refractivity contribution >= 4 is 12.0 Å². The van der Waals surface area contributed by atoms with Crippen LogP contribution in [0.2, 0.25) is 0 Å². The molecule has 1 aliphatic rings. The molecule has 0 aliphatic carbocycles. The van der Waals surface area contributed by atoms with Crippen LogP contribution in [0.5, 0.6) is 0 Å². The van der Waals surface area contributed by atoms with Gasteiger partial charge in [-0.3, -0.25) is 0 Å². The molecule has 0 spiro atoms. The third-order valence-corrected chi connectivity index (χ3v) is 3.76. The van der Waals surface area contributed by atoms with Crippen LogP contribution in [0.1, 0.15) is 12.0 Å². The summed E-state index contributed by atoms with van der Waals surface area (Å²) in [6.45, 7) is 1.41. The second-order valence-electron chi connectivity index (χ2n) is 5.50. The Kier molecular flexibility index (Phi) is 5.77. The van der Waals surface area contributed by atoms with E-state index in [0.29, 0.717) is 26.1 Å². The van der Waals surface area contributed by atoms with E-state index in [-0.39, 0.29) is 18.7 Å².